The van der Waals surface area contributed by atoms with Crippen LogP contribution in [0.25, 0.3) is 22.3 Å². The number of benzene rings is 2. The molecule has 0 radical (unpaired) electrons. The van der Waals surface area contributed by atoms with E-state index in [9.17, 15) is 5.26 Å². The molecule has 2 aromatic carbocycles. The summed E-state index contributed by atoms with van der Waals surface area (Å²) < 4.78 is 0.989. The van der Waals surface area contributed by atoms with Crippen molar-refractivity contribution in [3.05, 3.63) is 58.7 Å². The van der Waals surface area contributed by atoms with Gasteiger partial charge in [-0.25, -0.2) is 9.97 Å². The minimum Gasteiger partial charge on any atom is -0.243 e. The van der Waals surface area contributed by atoms with Crippen molar-refractivity contribution >= 4 is 27.0 Å². The molecule has 0 aliphatic heterocycles. The van der Waals surface area contributed by atoms with Gasteiger partial charge >= 0.3 is 0 Å². The largest absolute Gasteiger partial charge is 0.243 e. The third-order valence-corrected chi connectivity index (χ3v) is 3.32. The molecule has 1 aromatic heterocycles. The molecule has 0 spiro atoms. The maximum absolute atomic E-state index is 9.23. The molecule has 90 valence electrons. The summed E-state index contributed by atoms with van der Waals surface area (Å²) in [5.41, 5.74) is 3.38. The van der Waals surface area contributed by atoms with Gasteiger partial charge in [-0.3, -0.25) is 0 Å². The fourth-order valence-corrected chi connectivity index (χ4v) is 2.15. The normalized spacial score (nSPS) is 10.3. The standard InChI is InChI=1S/C15H8BrN3/c16-11-7-5-10(6-8-11)15-14(9-17)18-12-3-1-2-4-13(12)19-15/h1-8H. The average molecular weight is 310 g/mol. The summed E-state index contributed by atoms with van der Waals surface area (Å²) in [7, 11) is 0. The van der Waals surface area contributed by atoms with Crippen LogP contribution in [0, 0.1) is 11.3 Å². The summed E-state index contributed by atoms with van der Waals surface area (Å²) in [5, 5.41) is 9.23. The van der Waals surface area contributed by atoms with Gasteiger partial charge in [0.05, 0.1) is 11.0 Å². The number of rotatable bonds is 1. The van der Waals surface area contributed by atoms with E-state index >= 15 is 0 Å². The zero-order valence-corrected chi connectivity index (χ0v) is 11.4. The number of halogens is 1. The van der Waals surface area contributed by atoms with E-state index in [2.05, 4.69) is 32.0 Å². The van der Waals surface area contributed by atoms with Gasteiger partial charge in [-0.1, -0.05) is 40.2 Å². The van der Waals surface area contributed by atoms with E-state index in [0.29, 0.717) is 11.4 Å². The van der Waals surface area contributed by atoms with E-state index in [-0.39, 0.29) is 0 Å². The van der Waals surface area contributed by atoms with Crippen molar-refractivity contribution in [2.24, 2.45) is 0 Å². The Hall–Kier alpha value is -2.25. The van der Waals surface area contributed by atoms with Gasteiger partial charge in [0.15, 0.2) is 5.69 Å². The lowest BCUT2D eigenvalue weighted by molar-refractivity contribution is 1.24. The maximum Gasteiger partial charge on any atom is 0.167 e. The van der Waals surface area contributed by atoms with Crippen LogP contribution >= 0.6 is 15.9 Å². The number of nitrogens with zero attached hydrogens (tertiary/aromatic N) is 3. The molecule has 4 heteroatoms. The molecule has 19 heavy (non-hydrogen) atoms. The SMILES string of the molecule is N#Cc1nc2ccccc2nc1-c1ccc(Br)cc1. The van der Waals surface area contributed by atoms with Crippen molar-refractivity contribution in [1.82, 2.24) is 9.97 Å². The van der Waals surface area contributed by atoms with Crippen LogP contribution in [0.1, 0.15) is 5.69 Å². The number of hydrogen-bond donors (Lipinski definition) is 0. The van der Waals surface area contributed by atoms with Crippen molar-refractivity contribution in [1.29, 1.82) is 5.26 Å². The van der Waals surface area contributed by atoms with Crippen LogP contribution in [0.15, 0.2) is 53.0 Å². The molecule has 3 aromatic rings. The molecule has 3 rings (SSSR count). The first-order valence-corrected chi connectivity index (χ1v) is 6.50. The number of nitriles is 1. The Bertz CT molecular complexity index is 789. The highest BCUT2D eigenvalue weighted by Crippen LogP contribution is 2.24. The minimum atomic E-state index is 0.348. The lowest BCUT2D eigenvalue weighted by atomic mass is 10.1. The molecule has 0 amide bonds. The summed E-state index contributed by atoms with van der Waals surface area (Å²) in [6, 6.07) is 17.4. The summed E-state index contributed by atoms with van der Waals surface area (Å²) in [6.07, 6.45) is 0. The van der Waals surface area contributed by atoms with Crippen molar-refractivity contribution in [3.8, 4) is 17.3 Å². The molecule has 1 heterocycles. The van der Waals surface area contributed by atoms with Crippen molar-refractivity contribution in [2.75, 3.05) is 0 Å². The Balaban J connectivity index is 2.27. The zero-order chi connectivity index (χ0) is 13.2. The molecule has 0 N–H and O–H groups in total. The highest BCUT2D eigenvalue weighted by Gasteiger charge is 2.10. The third-order valence-electron chi connectivity index (χ3n) is 2.79. The fraction of sp³-hybridized carbons (Fsp3) is 0. The van der Waals surface area contributed by atoms with E-state index in [0.717, 1.165) is 21.1 Å². The van der Waals surface area contributed by atoms with Crippen LogP contribution in [0.4, 0.5) is 0 Å². The molecule has 0 fully saturated rings. The Morgan fingerprint density at radius 3 is 2.16 bits per heavy atom. The zero-order valence-electron chi connectivity index (χ0n) is 9.84. The third kappa shape index (κ3) is 2.20. The predicted molar refractivity (Wildman–Crippen MR) is 77.4 cm³/mol. The first-order chi connectivity index (χ1) is 9.28. The van der Waals surface area contributed by atoms with Gasteiger partial charge in [-0.05, 0) is 24.3 Å². The van der Waals surface area contributed by atoms with Crippen LogP contribution in [0.2, 0.25) is 0 Å². The van der Waals surface area contributed by atoms with Gasteiger partial charge < -0.3 is 0 Å². The molecule has 0 saturated carbocycles. The Kier molecular flexibility index (Phi) is 2.98. The number of para-hydroxylation sites is 2. The Morgan fingerprint density at radius 2 is 1.53 bits per heavy atom. The molecular formula is C15H8BrN3. The van der Waals surface area contributed by atoms with Crippen LogP contribution in [0.5, 0.6) is 0 Å². The number of fused-ring (bicyclic) bond motifs is 1. The first-order valence-electron chi connectivity index (χ1n) is 5.71. The summed E-state index contributed by atoms with van der Waals surface area (Å²) in [5.74, 6) is 0. The van der Waals surface area contributed by atoms with Gasteiger partial charge in [-0.2, -0.15) is 5.26 Å². The highest BCUT2D eigenvalue weighted by molar-refractivity contribution is 9.10. The number of hydrogen-bond acceptors (Lipinski definition) is 3. The topological polar surface area (TPSA) is 49.6 Å². The van der Waals surface area contributed by atoms with E-state index in [1.54, 1.807) is 0 Å². The first kappa shape index (κ1) is 11.8. The van der Waals surface area contributed by atoms with E-state index in [1.807, 2.05) is 48.5 Å². The van der Waals surface area contributed by atoms with E-state index in [1.165, 1.54) is 0 Å². The van der Waals surface area contributed by atoms with E-state index < -0.39 is 0 Å². The van der Waals surface area contributed by atoms with Gasteiger partial charge in [-0.15, -0.1) is 0 Å². The van der Waals surface area contributed by atoms with Crippen LogP contribution in [-0.2, 0) is 0 Å². The molecule has 0 aliphatic carbocycles. The van der Waals surface area contributed by atoms with E-state index in [4.69, 9.17) is 0 Å². The van der Waals surface area contributed by atoms with Crippen LogP contribution < -0.4 is 0 Å². The second kappa shape index (κ2) is 4.79. The summed E-state index contributed by atoms with van der Waals surface area (Å²) in [6.45, 7) is 0. The predicted octanol–water partition coefficient (Wildman–Crippen LogP) is 3.93. The molecule has 0 unspecified atom stereocenters. The molecule has 0 aliphatic rings. The summed E-state index contributed by atoms with van der Waals surface area (Å²) >= 11 is 3.39. The Labute approximate surface area is 118 Å². The minimum absolute atomic E-state index is 0.348. The lowest BCUT2D eigenvalue weighted by Crippen LogP contribution is -1.95. The van der Waals surface area contributed by atoms with Gasteiger partial charge in [0, 0.05) is 10.0 Å². The van der Waals surface area contributed by atoms with Crippen molar-refractivity contribution in [3.63, 3.8) is 0 Å². The van der Waals surface area contributed by atoms with Gasteiger partial charge in [0.1, 0.15) is 11.8 Å². The molecule has 0 bridgehead atoms. The molecule has 0 atom stereocenters. The quantitative estimate of drug-likeness (QED) is 0.684. The molecular weight excluding hydrogens is 302 g/mol. The smallest absolute Gasteiger partial charge is 0.167 e. The molecule has 3 nitrogen and oxygen atoms in total. The van der Waals surface area contributed by atoms with Gasteiger partial charge in [0.25, 0.3) is 0 Å². The second-order valence-corrected chi connectivity index (χ2v) is 4.94. The Morgan fingerprint density at radius 1 is 0.895 bits per heavy atom. The van der Waals surface area contributed by atoms with Crippen molar-refractivity contribution < 1.29 is 0 Å². The van der Waals surface area contributed by atoms with Gasteiger partial charge in [0.2, 0.25) is 0 Å². The fourth-order valence-electron chi connectivity index (χ4n) is 1.89. The van der Waals surface area contributed by atoms with Crippen molar-refractivity contribution in [2.45, 2.75) is 0 Å². The number of aromatic nitrogens is 2. The van der Waals surface area contributed by atoms with Crippen LogP contribution in [0.3, 0.4) is 0 Å². The average Bonchev–Trinajstić information content (AvgIpc) is 2.46. The summed E-state index contributed by atoms with van der Waals surface area (Å²) in [4.78, 5) is 8.90. The monoisotopic (exact) mass is 309 g/mol. The maximum atomic E-state index is 9.23. The molecule has 0 saturated heterocycles. The second-order valence-electron chi connectivity index (χ2n) is 4.03. The lowest BCUT2D eigenvalue weighted by Gasteiger charge is -2.05. The highest BCUT2D eigenvalue weighted by atomic mass is 79.9. The van der Waals surface area contributed by atoms with Crippen LogP contribution in [-0.4, -0.2) is 9.97 Å².